The Morgan fingerprint density at radius 3 is 2.91 bits per heavy atom. The first-order valence-electron chi connectivity index (χ1n) is 7.83. The molecule has 2 rings (SSSR count). The fourth-order valence-corrected chi connectivity index (χ4v) is 2.30. The Morgan fingerprint density at radius 1 is 1.35 bits per heavy atom. The summed E-state index contributed by atoms with van der Waals surface area (Å²) in [5, 5.41) is 10.8. The minimum Gasteiger partial charge on any atom is -0.356 e. The number of rotatable bonds is 7. The molecule has 0 bridgehead atoms. The highest BCUT2D eigenvalue weighted by Gasteiger charge is 2.05. The van der Waals surface area contributed by atoms with Crippen LogP contribution in [0.15, 0.2) is 47.7 Å². The third-order valence-corrected chi connectivity index (χ3v) is 3.49. The molecule has 0 radical (unpaired) electrons. The van der Waals surface area contributed by atoms with Crippen molar-refractivity contribution < 1.29 is 4.39 Å². The highest BCUT2D eigenvalue weighted by molar-refractivity contribution is 5.79. The van der Waals surface area contributed by atoms with Crippen LogP contribution >= 0.6 is 0 Å². The lowest BCUT2D eigenvalue weighted by molar-refractivity contribution is 0.443. The van der Waals surface area contributed by atoms with Gasteiger partial charge in [-0.3, -0.25) is 9.67 Å². The fourth-order valence-electron chi connectivity index (χ4n) is 2.30. The zero-order chi connectivity index (χ0) is 16.5. The maximum Gasteiger partial charge on any atom is 0.190 e. The number of guanidine groups is 1. The molecule has 0 saturated carbocycles. The normalized spacial score (nSPS) is 12.9. The van der Waals surface area contributed by atoms with Crippen LogP contribution in [0.1, 0.15) is 12.5 Å². The molecular formula is C17H24FN5. The highest BCUT2D eigenvalue weighted by atomic mass is 19.1. The second kappa shape index (κ2) is 8.92. The number of benzene rings is 1. The van der Waals surface area contributed by atoms with Crippen molar-refractivity contribution in [1.82, 2.24) is 20.4 Å². The summed E-state index contributed by atoms with van der Waals surface area (Å²) in [5.41, 5.74) is 0.972. The topological polar surface area (TPSA) is 54.2 Å². The van der Waals surface area contributed by atoms with Crippen molar-refractivity contribution in [1.29, 1.82) is 0 Å². The van der Waals surface area contributed by atoms with E-state index < -0.39 is 0 Å². The van der Waals surface area contributed by atoms with Gasteiger partial charge in [-0.05, 0) is 36.1 Å². The first-order valence-corrected chi connectivity index (χ1v) is 7.83. The monoisotopic (exact) mass is 317 g/mol. The maximum atomic E-state index is 13.1. The smallest absolute Gasteiger partial charge is 0.190 e. The Morgan fingerprint density at radius 2 is 2.22 bits per heavy atom. The molecule has 0 spiro atoms. The summed E-state index contributed by atoms with van der Waals surface area (Å²) >= 11 is 0. The second-order valence-electron chi connectivity index (χ2n) is 5.59. The molecule has 0 saturated heterocycles. The van der Waals surface area contributed by atoms with Crippen molar-refractivity contribution in [3.63, 3.8) is 0 Å². The lowest BCUT2D eigenvalue weighted by atomic mass is 10.1. The SMILES string of the molecule is CN=C(NCCc1cccc(F)c1)NCC(C)Cn1cccn1. The van der Waals surface area contributed by atoms with Crippen molar-refractivity contribution in [3.05, 3.63) is 54.1 Å². The summed E-state index contributed by atoms with van der Waals surface area (Å²) in [4.78, 5) is 4.20. The fraction of sp³-hybridized carbons (Fsp3) is 0.412. The van der Waals surface area contributed by atoms with Crippen molar-refractivity contribution in [2.75, 3.05) is 20.1 Å². The number of hydrogen-bond donors (Lipinski definition) is 2. The van der Waals surface area contributed by atoms with E-state index in [2.05, 4.69) is 27.6 Å². The minimum absolute atomic E-state index is 0.197. The van der Waals surface area contributed by atoms with Crippen LogP contribution in [0.2, 0.25) is 0 Å². The van der Waals surface area contributed by atoms with Crippen LogP contribution in [0.25, 0.3) is 0 Å². The summed E-state index contributed by atoms with van der Waals surface area (Å²) < 4.78 is 15.0. The van der Waals surface area contributed by atoms with Gasteiger partial charge in [0.15, 0.2) is 5.96 Å². The van der Waals surface area contributed by atoms with E-state index in [4.69, 9.17) is 0 Å². The maximum absolute atomic E-state index is 13.1. The van der Waals surface area contributed by atoms with Gasteiger partial charge in [-0.25, -0.2) is 4.39 Å². The second-order valence-corrected chi connectivity index (χ2v) is 5.59. The third-order valence-electron chi connectivity index (χ3n) is 3.49. The predicted molar refractivity (Wildman–Crippen MR) is 90.9 cm³/mol. The summed E-state index contributed by atoms with van der Waals surface area (Å²) in [5.74, 6) is 0.989. The van der Waals surface area contributed by atoms with Gasteiger partial charge in [-0.15, -0.1) is 0 Å². The van der Waals surface area contributed by atoms with Crippen LogP contribution in [0.4, 0.5) is 4.39 Å². The average Bonchev–Trinajstić information content (AvgIpc) is 3.03. The largest absolute Gasteiger partial charge is 0.356 e. The summed E-state index contributed by atoms with van der Waals surface area (Å²) in [7, 11) is 1.75. The molecule has 0 aliphatic carbocycles. The van der Waals surface area contributed by atoms with Crippen LogP contribution in [0, 0.1) is 11.7 Å². The van der Waals surface area contributed by atoms with Gasteiger partial charge < -0.3 is 10.6 Å². The Balaban J connectivity index is 1.69. The van der Waals surface area contributed by atoms with Gasteiger partial charge in [0.25, 0.3) is 0 Å². The van der Waals surface area contributed by atoms with E-state index in [9.17, 15) is 4.39 Å². The van der Waals surface area contributed by atoms with E-state index in [0.29, 0.717) is 12.5 Å². The van der Waals surface area contributed by atoms with Crippen LogP contribution in [0.5, 0.6) is 0 Å². The molecule has 1 aromatic carbocycles. The molecule has 124 valence electrons. The summed E-state index contributed by atoms with van der Waals surface area (Å²) in [6.07, 6.45) is 4.50. The molecule has 1 atom stereocenters. The van der Waals surface area contributed by atoms with Crippen molar-refractivity contribution in [3.8, 4) is 0 Å². The van der Waals surface area contributed by atoms with Crippen LogP contribution in [-0.2, 0) is 13.0 Å². The highest BCUT2D eigenvalue weighted by Crippen LogP contribution is 2.03. The lowest BCUT2D eigenvalue weighted by Crippen LogP contribution is -2.40. The number of halogens is 1. The summed E-state index contributed by atoms with van der Waals surface area (Å²) in [6.45, 7) is 4.53. The molecule has 2 N–H and O–H groups in total. The first-order chi connectivity index (χ1) is 11.2. The number of aromatic nitrogens is 2. The van der Waals surface area contributed by atoms with E-state index in [0.717, 1.165) is 31.0 Å². The van der Waals surface area contributed by atoms with Gasteiger partial charge in [-0.1, -0.05) is 19.1 Å². The number of aliphatic imine (C=N–C) groups is 1. The van der Waals surface area contributed by atoms with E-state index >= 15 is 0 Å². The first kappa shape index (κ1) is 17.0. The minimum atomic E-state index is -0.197. The number of hydrogen-bond acceptors (Lipinski definition) is 2. The average molecular weight is 317 g/mol. The molecular weight excluding hydrogens is 293 g/mol. The molecule has 0 amide bonds. The van der Waals surface area contributed by atoms with Gasteiger partial charge in [0.1, 0.15) is 5.82 Å². The Kier molecular flexibility index (Phi) is 6.59. The van der Waals surface area contributed by atoms with Crippen LogP contribution < -0.4 is 10.6 Å². The molecule has 0 aliphatic heterocycles. The van der Waals surface area contributed by atoms with Crippen molar-refractivity contribution >= 4 is 5.96 Å². The molecule has 5 nitrogen and oxygen atoms in total. The van der Waals surface area contributed by atoms with Gasteiger partial charge in [-0.2, -0.15) is 5.10 Å². The van der Waals surface area contributed by atoms with E-state index in [1.807, 2.05) is 23.0 Å². The van der Waals surface area contributed by atoms with Gasteiger partial charge in [0.05, 0.1) is 0 Å². The van der Waals surface area contributed by atoms with Crippen LogP contribution in [0.3, 0.4) is 0 Å². The van der Waals surface area contributed by atoms with Gasteiger partial charge in [0.2, 0.25) is 0 Å². The predicted octanol–water partition coefficient (Wildman–Crippen LogP) is 2.07. The van der Waals surface area contributed by atoms with E-state index in [1.54, 1.807) is 25.4 Å². The number of nitrogens with zero attached hydrogens (tertiary/aromatic N) is 3. The molecule has 1 unspecified atom stereocenters. The van der Waals surface area contributed by atoms with Gasteiger partial charge >= 0.3 is 0 Å². The summed E-state index contributed by atoms with van der Waals surface area (Å²) in [6, 6.07) is 8.59. The molecule has 0 fully saturated rings. The lowest BCUT2D eigenvalue weighted by Gasteiger charge is -2.16. The molecule has 23 heavy (non-hydrogen) atoms. The van der Waals surface area contributed by atoms with Gasteiger partial charge in [0, 0.05) is 39.1 Å². The van der Waals surface area contributed by atoms with E-state index in [-0.39, 0.29) is 5.82 Å². The third kappa shape index (κ3) is 6.10. The molecule has 6 heteroatoms. The Hall–Kier alpha value is -2.37. The van der Waals surface area contributed by atoms with Crippen molar-refractivity contribution in [2.24, 2.45) is 10.9 Å². The quantitative estimate of drug-likeness (QED) is 0.607. The Labute approximate surface area is 136 Å². The molecule has 2 aromatic rings. The van der Waals surface area contributed by atoms with Crippen LogP contribution in [-0.4, -0.2) is 35.9 Å². The molecule has 0 aliphatic rings. The molecule has 1 heterocycles. The zero-order valence-corrected chi connectivity index (χ0v) is 13.7. The molecule has 1 aromatic heterocycles. The Bertz CT molecular complexity index is 609. The van der Waals surface area contributed by atoms with E-state index in [1.165, 1.54) is 6.07 Å². The standard InChI is InChI=1S/C17H24FN5/c1-14(13-23-10-4-8-22-23)12-21-17(19-2)20-9-7-15-5-3-6-16(18)11-15/h3-6,8,10-11,14H,7,9,12-13H2,1-2H3,(H2,19,20,21). The van der Waals surface area contributed by atoms with Crippen molar-refractivity contribution in [2.45, 2.75) is 19.9 Å². The zero-order valence-electron chi connectivity index (χ0n) is 13.7. The number of nitrogens with one attached hydrogen (secondary N) is 2.